The monoisotopic (exact) mass is 246 g/mol. The third kappa shape index (κ3) is 5.00. The average molecular weight is 247 g/mol. The van der Waals surface area contributed by atoms with Gasteiger partial charge in [-0.2, -0.15) is 0 Å². The number of unbranched alkanes of at least 4 members (excludes halogenated alkanes) is 1. The molecule has 0 aliphatic rings. The van der Waals surface area contributed by atoms with Gasteiger partial charge in [0.1, 0.15) is 5.82 Å². The second kappa shape index (κ2) is 6.64. The third-order valence-electron chi connectivity index (χ3n) is 1.78. The molecule has 0 fully saturated rings. The van der Waals surface area contributed by atoms with Crippen LogP contribution in [0.4, 0.5) is 5.82 Å². The van der Waals surface area contributed by atoms with Crippen molar-refractivity contribution in [3.8, 4) is 0 Å². The summed E-state index contributed by atoms with van der Waals surface area (Å²) in [5.41, 5.74) is 0. The number of alkyl halides is 1. The average Bonchev–Trinajstić information content (AvgIpc) is 2.22. The number of aromatic nitrogens is 1. The maximum absolute atomic E-state index is 11.3. The van der Waals surface area contributed by atoms with Gasteiger partial charge in [-0.05, 0) is 25.0 Å². The molecule has 0 saturated heterocycles. The van der Waals surface area contributed by atoms with Crippen LogP contribution in [0.2, 0.25) is 5.02 Å². The number of rotatable bonds is 5. The van der Waals surface area contributed by atoms with Crippen molar-refractivity contribution in [2.45, 2.75) is 19.3 Å². The van der Waals surface area contributed by atoms with Gasteiger partial charge in [-0.3, -0.25) is 4.79 Å². The van der Waals surface area contributed by atoms with E-state index in [1.807, 2.05) is 0 Å². The van der Waals surface area contributed by atoms with E-state index in [0.717, 1.165) is 12.8 Å². The fraction of sp³-hybridized carbons (Fsp3) is 0.400. The van der Waals surface area contributed by atoms with E-state index in [2.05, 4.69) is 10.3 Å². The predicted molar refractivity (Wildman–Crippen MR) is 62.4 cm³/mol. The van der Waals surface area contributed by atoms with Gasteiger partial charge in [0.25, 0.3) is 0 Å². The van der Waals surface area contributed by atoms with Crippen LogP contribution in [-0.2, 0) is 4.79 Å². The largest absolute Gasteiger partial charge is 0.311 e. The number of carbonyl (C=O) groups is 1. The molecule has 0 aliphatic carbocycles. The van der Waals surface area contributed by atoms with E-state index < -0.39 is 0 Å². The highest BCUT2D eigenvalue weighted by Gasteiger charge is 2.02. The van der Waals surface area contributed by atoms with Crippen LogP contribution < -0.4 is 5.32 Å². The van der Waals surface area contributed by atoms with Crippen LogP contribution in [0, 0.1) is 0 Å². The van der Waals surface area contributed by atoms with Crippen molar-refractivity contribution >= 4 is 34.9 Å². The van der Waals surface area contributed by atoms with Crippen molar-refractivity contribution in [2.75, 3.05) is 11.2 Å². The molecule has 0 spiro atoms. The Balaban J connectivity index is 2.34. The zero-order chi connectivity index (χ0) is 11.1. The number of carbonyl (C=O) groups excluding carboxylic acids is 1. The van der Waals surface area contributed by atoms with Gasteiger partial charge in [-0.25, -0.2) is 4.98 Å². The number of nitrogens with one attached hydrogen (secondary N) is 1. The first-order chi connectivity index (χ1) is 7.22. The molecule has 15 heavy (non-hydrogen) atoms. The van der Waals surface area contributed by atoms with Crippen molar-refractivity contribution < 1.29 is 4.79 Å². The van der Waals surface area contributed by atoms with E-state index >= 15 is 0 Å². The fourth-order valence-corrected chi connectivity index (χ4v) is 1.34. The van der Waals surface area contributed by atoms with Crippen LogP contribution >= 0.6 is 23.2 Å². The van der Waals surface area contributed by atoms with Gasteiger partial charge < -0.3 is 5.32 Å². The number of hydrogen-bond acceptors (Lipinski definition) is 2. The van der Waals surface area contributed by atoms with Crippen molar-refractivity contribution in [2.24, 2.45) is 0 Å². The molecule has 0 unspecified atom stereocenters. The molecular weight excluding hydrogens is 235 g/mol. The second-order valence-electron chi connectivity index (χ2n) is 3.06. The lowest BCUT2D eigenvalue weighted by Gasteiger charge is -2.03. The smallest absolute Gasteiger partial charge is 0.225 e. The molecule has 0 aliphatic heterocycles. The summed E-state index contributed by atoms with van der Waals surface area (Å²) < 4.78 is 0. The van der Waals surface area contributed by atoms with Gasteiger partial charge in [-0.15, -0.1) is 11.6 Å². The molecule has 1 aromatic heterocycles. The summed E-state index contributed by atoms with van der Waals surface area (Å²) in [6, 6.07) is 3.35. The van der Waals surface area contributed by atoms with Crippen LogP contribution in [0.15, 0.2) is 18.3 Å². The molecule has 1 N–H and O–H groups in total. The fourth-order valence-electron chi connectivity index (χ4n) is 1.04. The number of hydrogen-bond donors (Lipinski definition) is 1. The highest BCUT2D eigenvalue weighted by Crippen LogP contribution is 2.10. The summed E-state index contributed by atoms with van der Waals surface area (Å²) in [7, 11) is 0. The topological polar surface area (TPSA) is 42.0 Å². The number of halogens is 2. The molecule has 1 amide bonds. The zero-order valence-electron chi connectivity index (χ0n) is 8.17. The molecule has 0 atom stereocenters. The summed E-state index contributed by atoms with van der Waals surface area (Å²) in [6.07, 6.45) is 3.61. The number of amides is 1. The van der Waals surface area contributed by atoms with Crippen LogP contribution in [0.1, 0.15) is 19.3 Å². The number of nitrogens with zero attached hydrogens (tertiary/aromatic N) is 1. The second-order valence-corrected chi connectivity index (χ2v) is 3.87. The van der Waals surface area contributed by atoms with Gasteiger partial charge in [0.05, 0.1) is 5.02 Å². The molecule has 1 rings (SSSR count). The van der Waals surface area contributed by atoms with Crippen LogP contribution in [-0.4, -0.2) is 16.8 Å². The van der Waals surface area contributed by atoms with Gasteiger partial charge in [-0.1, -0.05) is 11.6 Å². The Morgan fingerprint density at radius 1 is 1.40 bits per heavy atom. The Labute approximate surface area is 98.8 Å². The minimum atomic E-state index is -0.0464. The third-order valence-corrected chi connectivity index (χ3v) is 2.27. The number of pyridine rings is 1. The molecule has 5 heteroatoms. The van der Waals surface area contributed by atoms with Crippen molar-refractivity contribution in [1.29, 1.82) is 0 Å². The summed E-state index contributed by atoms with van der Waals surface area (Å²) in [5, 5.41) is 3.23. The summed E-state index contributed by atoms with van der Waals surface area (Å²) in [4.78, 5) is 15.3. The Kier molecular flexibility index (Phi) is 5.43. The molecule has 3 nitrogen and oxygen atoms in total. The lowest BCUT2D eigenvalue weighted by atomic mass is 10.2. The molecule has 0 aromatic carbocycles. The maximum Gasteiger partial charge on any atom is 0.225 e. The van der Waals surface area contributed by atoms with Crippen LogP contribution in [0.5, 0.6) is 0 Å². The molecule has 82 valence electrons. The van der Waals surface area contributed by atoms with E-state index in [1.54, 1.807) is 12.1 Å². The first-order valence-corrected chi connectivity index (χ1v) is 5.61. The summed E-state index contributed by atoms with van der Waals surface area (Å²) >= 11 is 11.2. The SMILES string of the molecule is O=C(CCCCCl)Nc1ccc(Cl)cn1. The van der Waals surface area contributed by atoms with Crippen molar-refractivity contribution in [1.82, 2.24) is 4.98 Å². The molecule has 0 saturated carbocycles. The zero-order valence-corrected chi connectivity index (χ0v) is 9.68. The Morgan fingerprint density at radius 2 is 2.20 bits per heavy atom. The standard InChI is InChI=1S/C10H12Cl2N2O/c11-6-2-1-3-10(15)14-9-5-4-8(12)7-13-9/h4-5,7H,1-3,6H2,(H,13,14,15). The van der Waals surface area contributed by atoms with E-state index in [0.29, 0.717) is 23.1 Å². The Bertz CT molecular complexity index is 314. The number of anilines is 1. The van der Waals surface area contributed by atoms with E-state index in [1.165, 1.54) is 6.20 Å². The van der Waals surface area contributed by atoms with Gasteiger partial charge >= 0.3 is 0 Å². The summed E-state index contributed by atoms with van der Waals surface area (Å²) in [6.45, 7) is 0. The normalized spacial score (nSPS) is 10.0. The summed E-state index contributed by atoms with van der Waals surface area (Å²) in [5.74, 6) is 1.07. The van der Waals surface area contributed by atoms with E-state index in [9.17, 15) is 4.79 Å². The van der Waals surface area contributed by atoms with Crippen LogP contribution in [0.3, 0.4) is 0 Å². The van der Waals surface area contributed by atoms with Crippen molar-refractivity contribution in [3.05, 3.63) is 23.4 Å². The highest BCUT2D eigenvalue weighted by atomic mass is 35.5. The first-order valence-electron chi connectivity index (χ1n) is 4.70. The van der Waals surface area contributed by atoms with Gasteiger partial charge in [0, 0.05) is 18.5 Å². The molecule has 0 radical (unpaired) electrons. The minimum Gasteiger partial charge on any atom is -0.311 e. The highest BCUT2D eigenvalue weighted by molar-refractivity contribution is 6.30. The molecule has 0 bridgehead atoms. The quantitative estimate of drug-likeness (QED) is 0.641. The first kappa shape index (κ1) is 12.3. The lowest BCUT2D eigenvalue weighted by molar-refractivity contribution is -0.116. The Morgan fingerprint density at radius 3 is 2.80 bits per heavy atom. The molecule has 1 aromatic rings. The van der Waals surface area contributed by atoms with Gasteiger partial charge in [0.15, 0.2) is 0 Å². The lowest BCUT2D eigenvalue weighted by Crippen LogP contribution is -2.12. The molecule has 1 heterocycles. The van der Waals surface area contributed by atoms with E-state index in [-0.39, 0.29) is 5.91 Å². The molecular formula is C10H12Cl2N2O. The minimum absolute atomic E-state index is 0.0464. The van der Waals surface area contributed by atoms with Crippen molar-refractivity contribution in [3.63, 3.8) is 0 Å². The van der Waals surface area contributed by atoms with Crippen LogP contribution in [0.25, 0.3) is 0 Å². The predicted octanol–water partition coefficient (Wildman–Crippen LogP) is 3.08. The Hall–Kier alpha value is -0.800. The maximum atomic E-state index is 11.3. The van der Waals surface area contributed by atoms with Gasteiger partial charge in [0.2, 0.25) is 5.91 Å². The van der Waals surface area contributed by atoms with E-state index in [4.69, 9.17) is 23.2 Å².